The lowest BCUT2D eigenvalue weighted by atomic mass is 10.2. The highest BCUT2D eigenvalue weighted by molar-refractivity contribution is 6.30. The summed E-state index contributed by atoms with van der Waals surface area (Å²) in [5.41, 5.74) is 0.638. The first-order valence-corrected chi connectivity index (χ1v) is 7.40. The highest BCUT2D eigenvalue weighted by atomic mass is 35.5. The molecule has 0 aliphatic carbocycles. The Morgan fingerprint density at radius 3 is 2.39 bits per heavy atom. The molecule has 2 aromatic carbocycles. The van der Waals surface area contributed by atoms with E-state index in [0.29, 0.717) is 28.0 Å². The normalized spacial score (nSPS) is 10.0. The Morgan fingerprint density at radius 1 is 1.04 bits per heavy atom. The summed E-state index contributed by atoms with van der Waals surface area (Å²) in [5.74, 6) is 1.69. The van der Waals surface area contributed by atoms with Gasteiger partial charge in [0, 0.05) is 16.8 Å². The number of anilines is 1. The summed E-state index contributed by atoms with van der Waals surface area (Å²) in [6.07, 6.45) is 0.233. The molecule has 0 aromatic heterocycles. The van der Waals surface area contributed by atoms with Gasteiger partial charge in [0.05, 0.1) is 27.2 Å². The van der Waals surface area contributed by atoms with Crippen molar-refractivity contribution in [2.75, 3.05) is 26.1 Å². The van der Waals surface area contributed by atoms with Crippen molar-refractivity contribution < 1.29 is 19.0 Å². The molecule has 0 saturated heterocycles. The van der Waals surface area contributed by atoms with Crippen molar-refractivity contribution in [3.63, 3.8) is 0 Å². The summed E-state index contributed by atoms with van der Waals surface area (Å²) in [6, 6.07) is 12.2. The summed E-state index contributed by atoms with van der Waals surface area (Å²) < 4.78 is 15.8. The third-order valence-electron chi connectivity index (χ3n) is 3.08. The van der Waals surface area contributed by atoms with Gasteiger partial charge in [0.15, 0.2) is 11.5 Å². The van der Waals surface area contributed by atoms with Gasteiger partial charge in [-0.3, -0.25) is 4.79 Å². The van der Waals surface area contributed by atoms with Gasteiger partial charge in [0.2, 0.25) is 5.91 Å². The van der Waals surface area contributed by atoms with E-state index in [1.54, 1.807) is 56.7 Å². The lowest BCUT2D eigenvalue weighted by Gasteiger charge is -2.11. The average Bonchev–Trinajstić information content (AvgIpc) is 2.56. The third kappa shape index (κ3) is 5.07. The van der Waals surface area contributed by atoms with Crippen LogP contribution in [0.2, 0.25) is 5.02 Å². The van der Waals surface area contributed by atoms with Crippen LogP contribution in [-0.2, 0) is 4.79 Å². The van der Waals surface area contributed by atoms with Crippen LogP contribution in [0.4, 0.5) is 5.69 Å². The molecule has 0 atom stereocenters. The molecule has 0 saturated carbocycles. The van der Waals surface area contributed by atoms with Crippen molar-refractivity contribution in [2.24, 2.45) is 0 Å². The van der Waals surface area contributed by atoms with E-state index in [2.05, 4.69) is 5.32 Å². The summed E-state index contributed by atoms with van der Waals surface area (Å²) in [4.78, 5) is 11.9. The number of halogens is 1. The minimum atomic E-state index is -0.147. The van der Waals surface area contributed by atoms with Crippen LogP contribution < -0.4 is 19.5 Å². The Bertz CT molecular complexity index is 658. The van der Waals surface area contributed by atoms with Gasteiger partial charge < -0.3 is 19.5 Å². The lowest BCUT2D eigenvalue weighted by molar-refractivity contribution is -0.116. The molecule has 2 aromatic rings. The molecule has 0 aliphatic rings. The van der Waals surface area contributed by atoms with E-state index in [-0.39, 0.29) is 18.9 Å². The Hall–Kier alpha value is -2.40. The minimum Gasteiger partial charge on any atom is -0.493 e. The molecule has 0 aliphatic heterocycles. The molecule has 0 spiro atoms. The largest absolute Gasteiger partial charge is 0.493 e. The Balaban J connectivity index is 1.83. The number of carbonyl (C=O) groups is 1. The molecule has 122 valence electrons. The van der Waals surface area contributed by atoms with Crippen LogP contribution in [0.3, 0.4) is 0 Å². The first-order valence-electron chi connectivity index (χ1n) is 7.02. The predicted molar refractivity (Wildman–Crippen MR) is 89.7 cm³/mol. The smallest absolute Gasteiger partial charge is 0.227 e. The van der Waals surface area contributed by atoms with E-state index in [4.69, 9.17) is 25.8 Å². The second kappa shape index (κ2) is 8.29. The van der Waals surface area contributed by atoms with E-state index in [9.17, 15) is 4.79 Å². The third-order valence-corrected chi connectivity index (χ3v) is 3.33. The summed E-state index contributed by atoms with van der Waals surface area (Å²) in [7, 11) is 3.10. The average molecular weight is 336 g/mol. The number of carbonyl (C=O) groups excluding carboxylic acids is 1. The van der Waals surface area contributed by atoms with Crippen LogP contribution in [0, 0.1) is 0 Å². The van der Waals surface area contributed by atoms with Gasteiger partial charge in [-0.2, -0.15) is 0 Å². The van der Waals surface area contributed by atoms with Gasteiger partial charge in [-0.1, -0.05) is 11.6 Å². The van der Waals surface area contributed by atoms with Crippen LogP contribution >= 0.6 is 11.6 Å². The predicted octanol–water partition coefficient (Wildman–Crippen LogP) is 3.76. The van der Waals surface area contributed by atoms with E-state index in [1.807, 2.05) is 0 Å². The number of nitrogens with one attached hydrogen (secondary N) is 1. The first-order chi connectivity index (χ1) is 11.1. The highest BCUT2D eigenvalue weighted by Crippen LogP contribution is 2.29. The van der Waals surface area contributed by atoms with Crippen molar-refractivity contribution in [3.05, 3.63) is 47.5 Å². The molecule has 1 N–H and O–H groups in total. The number of hydrogen-bond donors (Lipinski definition) is 1. The van der Waals surface area contributed by atoms with Crippen molar-refractivity contribution in [1.29, 1.82) is 0 Å². The van der Waals surface area contributed by atoms with Crippen LogP contribution in [0.5, 0.6) is 17.2 Å². The number of amides is 1. The maximum atomic E-state index is 11.9. The maximum Gasteiger partial charge on any atom is 0.227 e. The van der Waals surface area contributed by atoms with Gasteiger partial charge in [-0.05, 0) is 36.4 Å². The number of methoxy groups -OCH3 is 2. The van der Waals surface area contributed by atoms with Crippen LogP contribution in [0.15, 0.2) is 42.5 Å². The van der Waals surface area contributed by atoms with E-state index in [1.165, 1.54) is 0 Å². The fourth-order valence-corrected chi connectivity index (χ4v) is 2.06. The Kier molecular flexibility index (Phi) is 6.11. The molecule has 0 unspecified atom stereocenters. The fraction of sp³-hybridized carbons (Fsp3) is 0.235. The molecule has 23 heavy (non-hydrogen) atoms. The Morgan fingerprint density at radius 2 is 1.74 bits per heavy atom. The van der Waals surface area contributed by atoms with Crippen molar-refractivity contribution >= 4 is 23.2 Å². The summed E-state index contributed by atoms with van der Waals surface area (Å²) in [5, 5.41) is 3.43. The van der Waals surface area contributed by atoms with Crippen LogP contribution in [0.25, 0.3) is 0 Å². The standard InChI is InChI=1S/C17H18ClNO4/c1-21-15-8-5-13(11-16(15)22-2)19-17(20)9-10-23-14-6-3-12(18)4-7-14/h3-8,11H,9-10H2,1-2H3,(H,19,20). The molecule has 1 amide bonds. The molecular formula is C17H18ClNO4. The molecule has 6 heteroatoms. The number of benzene rings is 2. The van der Waals surface area contributed by atoms with Gasteiger partial charge in [-0.15, -0.1) is 0 Å². The monoisotopic (exact) mass is 335 g/mol. The summed E-state index contributed by atoms with van der Waals surface area (Å²) in [6.45, 7) is 0.279. The van der Waals surface area contributed by atoms with Gasteiger partial charge in [0.1, 0.15) is 5.75 Å². The van der Waals surface area contributed by atoms with Crippen molar-refractivity contribution in [1.82, 2.24) is 0 Å². The maximum absolute atomic E-state index is 11.9. The Labute approximate surface area is 140 Å². The number of rotatable bonds is 7. The molecule has 5 nitrogen and oxygen atoms in total. The SMILES string of the molecule is COc1ccc(NC(=O)CCOc2ccc(Cl)cc2)cc1OC. The summed E-state index contributed by atoms with van der Waals surface area (Å²) >= 11 is 5.79. The molecule has 0 heterocycles. The molecule has 2 rings (SSSR count). The fourth-order valence-electron chi connectivity index (χ4n) is 1.93. The van der Waals surface area contributed by atoms with E-state index in [0.717, 1.165) is 0 Å². The number of ether oxygens (including phenoxy) is 3. The minimum absolute atomic E-state index is 0.147. The number of hydrogen-bond acceptors (Lipinski definition) is 4. The van der Waals surface area contributed by atoms with Crippen molar-refractivity contribution in [2.45, 2.75) is 6.42 Å². The van der Waals surface area contributed by atoms with Gasteiger partial charge >= 0.3 is 0 Å². The lowest BCUT2D eigenvalue weighted by Crippen LogP contribution is -2.15. The second-order valence-electron chi connectivity index (χ2n) is 4.67. The zero-order valence-corrected chi connectivity index (χ0v) is 13.7. The second-order valence-corrected chi connectivity index (χ2v) is 5.11. The van der Waals surface area contributed by atoms with E-state index >= 15 is 0 Å². The zero-order valence-electron chi connectivity index (χ0n) is 13.0. The van der Waals surface area contributed by atoms with Crippen LogP contribution in [0.1, 0.15) is 6.42 Å². The zero-order chi connectivity index (χ0) is 16.7. The van der Waals surface area contributed by atoms with E-state index < -0.39 is 0 Å². The molecular weight excluding hydrogens is 318 g/mol. The van der Waals surface area contributed by atoms with Gasteiger partial charge in [0.25, 0.3) is 0 Å². The van der Waals surface area contributed by atoms with Crippen molar-refractivity contribution in [3.8, 4) is 17.2 Å². The quantitative estimate of drug-likeness (QED) is 0.837. The topological polar surface area (TPSA) is 56.8 Å². The first kappa shape index (κ1) is 17.0. The highest BCUT2D eigenvalue weighted by Gasteiger charge is 2.07. The molecule has 0 radical (unpaired) electrons. The van der Waals surface area contributed by atoms with Gasteiger partial charge in [-0.25, -0.2) is 0 Å². The van der Waals surface area contributed by atoms with Crippen LogP contribution in [-0.4, -0.2) is 26.7 Å². The molecule has 0 bridgehead atoms. The molecule has 0 fully saturated rings.